The van der Waals surface area contributed by atoms with Gasteiger partial charge in [0.05, 0.1) is 24.4 Å². The second kappa shape index (κ2) is 17.6. The number of halogens is 1. The molecule has 1 aromatic rings. The van der Waals surface area contributed by atoms with Crippen LogP contribution < -0.4 is 0 Å². The Bertz CT molecular complexity index is 1130. The summed E-state index contributed by atoms with van der Waals surface area (Å²) in [4.78, 5) is 12.0. The van der Waals surface area contributed by atoms with E-state index >= 15 is 0 Å². The third-order valence-electron chi connectivity index (χ3n) is 10.3. The molecule has 46 heavy (non-hydrogen) atoms. The van der Waals surface area contributed by atoms with E-state index in [9.17, 15) is 9.90 Å². The van der Waals surface area contributed by atoms with Gasteiger partial charge in [0.2, 0.25) is 0 Å². The molecule has 0 unspecified atom stereocenters. The van der Waals surface area contributed by atoms with Crippen LogP contribution in [-0.2, 0) is 24.8 Å². The number of esters is 1. The quantitative estimate of drug-likeness (QED) is 0.0792. The Hall–Kier alpha value is -1.04. The fourth-order valence-corrected chi connectivity index (χ4v) is 8.42. The molecule has 8 heteroatoms. The van der Waals surface area contributed by atoms with E-state index in [1.54, 1.807) is 0 Å². The maximum atomic E-state index is 12.0. The number of rotatable bonds is 16. The lowest BCUT2D eigenvalue weighted by Crippen LogP contribution is -2.45. The van der Waals surface area contributed by atoms with Crippen molar-refractivity contribution in [3.05, 3.63) is 58.6 Å². The lowest BCUT2D eigenvalue weighted by Gasteiger charge is -2.40. The zero-order chi connectivity index (χ0) is 34.9. The molecule has 0 aromatic heterocycles. The average Bonchev–Trinajstić information content (AvgIpc) is 3.21. The number of unbranched alkanes of at least 4 members (excludes halogenated alkanes) is 1. The third kappa shape index (κ3) is 13.1. The summed E-state index contributed by atoms with van der Waals surface area (Å²) in [5.74, 6) is 0.245. The van der Waals surface area contributed by atoms with Crippen LogP contribution in [0.5, 0.6) is 0 Å². The molecule has 0 radical (unpaired) electrons. The van der Waals surface area contributed by atoms with Crippen molar-refractivity contribution in [1.29, 1.82) is 0 Å². The Balaban J connectivity index is 2.32. The van der Waals surface area contributed by atoms with E-state index < -0.39 is 22.7 Å². The summed E-state index contributed by atoms with van der Waals surface area (Å²) < 4.78 is 20.7. The zero-order valence-electron chi connectivity index (χ0n) is 31.0. The van der Waals surface area contributed by atoms with Gasteiger partial charge in [0.15, 0.2) is 16.6 Å². The van der Waals surface area contributed by atoms with Gasteiger partial charge in [0.25, 0.3) is 0 Å². The van der Waals surface area contributed by atoms with Crippen molar-refractivity contribution in [1.82, 2.24) is 0 Å². The number of allylic oxidation sites excluding steroid dienone is 2. The van der Waals surface area contributed by atoms with Crippen molar-refractivity contribution in [2.45, 2.75) is 161 Å². The normalized spacial score (nSPS) is 22.3. The molecule has 0 saturated heterocycles. The van der Waals surface area contributed by atoms with E-state index in [1.165, 1.54) is 5.56 Å². The van der Waals surface area contributed by atoms with Crippen molar-refractivity contribution in [2.75, 3.05) is 0 Å². The lowest BCUT2D eigenvalue weighted by atomic mass is 9.89. The largest absolute Gasteiger partial charge is 0.463 e. The molecule has 0 amide bonds. The van der Waals surface area contributed by atoms with Gasteiger partial charge in [-0.05, 0) is 112 Å². The van der Waals surface area contributed by atoms with Gasteiger partial charge in [-0.2, -0.15) is 0 Å². The van der Waals surface area contributed by atoms with Gasteiger partial charge in [-0.3, -0.25) is 4.79 Å². The maximum Gasteiger partial charge on any atom is 0.306 e. The number of carbonyl (C=O) groups excluding carboxylic acids is 1. The van der Waals surface area contributed by atoms with E-state index in [0.717, 1.165) is 36.6 Å². The third-order valence-corrected chi connectivity index (χ3v) is 19.8. The van der Waals surface area contributed by atoms with Crippen molar-refractivity contribution in [3.8, 4) is 0 Å². The highest BCUT2D eigenvalue weighted by Crippen LogP contribution is 2.48. The molecular formula is C38H65BrO5Si2. The van der Waals surface area contributed by atoms with Crippen molar-refractivity contribution >= 4 is 38.5 Å². The van der Waals surface area contributed by atoms with Gasteiger partial charge in [0.1, 0.15) is 0 Å². The van der Waals surface area contributed by atoms with E-state index in [4.69, 9.17) is 13.6 Å². The van der Waals surface area contributed by atoms with E-state index in [1.807, 2.05) is 19.9 Å². The number of hydrogen-bond acceptors (Lipinski definition) is 5. The Morgan fingerprint density at radius 3 is 2.07 bits per heavy atom. The topological polar surface area (TPSA) is 65.0 Å². The second-order valence-corrected chi connectivity index (χ2v) is 27.0. The standard InChI is InChI=1S/C38H65BrO5Si2/c1-28(2)42-36(41)18-16-14-13-15-17-32-33(26-25-31(40)24-21-29-19-22-30(39)23-20-29)35(44-46(11,12)38(6,7)8)27-34(32)43-45(9,10)37(3,4)5/h13,15,19-20,22-23,25-26,28,31-35,40H,14,16-18,21,24,27H2,1-12H3/b15-13-,26-25+/t31-,32+,33+,34-,35+/m0/s1. The predicted octanol–water partition coefficient (Wildman–Crippen LogP) is 10.8. The molecule has 5 atom stereocenters. The molecule has 0 heterocycles. The Morgan fingerprint density at radius 1 is 0.957 bits per heavy atom. The summed E-state index contributed by atoms with van der Waals surface area (Å²) in [7, 11) is -4.11. The monoisotopic (exact) mass is 736 g/mol. The summed E-state index contributed by atoms with van der Waals surface area (Å²) in [6.07, 6.45) is 13.6. The van der Waals surface area contributed by atoms with Crippen LogP contribution in [0.3, 0.4) is 0 Å². The van der Waals surface area contributed by atoms with Crippen molar-refractivity contribution in [3.63, 3.8) is 0 Å². The van der Waals surface area contributed by atoms with Crippen LogP contribution in [0.15, 0.2) is 53.0 Å². The van der Waals surface area contributed by atoms with Crippen LogP contribution in [0.2, 0.25) is 36.3 Å². The lowest BCUT2D eigenvalue weighted by molar-refractivity contribution is -0.147. The Labute approximate surface area is 292 Å². The highest BCUT2D eigenvalue weighted by atomic mass is 79.9. The fourth-order valence-electron chi connectivity index (χ4n) is 5.41. The van der Waals surface area contributed by atoms with E-state index in [0.29, 0.717) is 12.8 Å². The molecular weight excluding hydrogens is 672 g/mol. The van der Waals surface area contributed by atoms with Crippen LogP contribution in [0.4, 0.5) is 0 Å². The molecule has 1 N–H and O–H groups in total. The second-order valence-electron chi connectivity index (χ2n) is 16.6. The first-order valence-electron chi connectivity index (χ1n) is 17.4. The van der Waals surface area contributed by atoms with Crippen molar-refractivity contribution in [2.24, 2.45) is 11.8 Å². The summed E-state index contributed by atoms with van der Waals surface area (Å²) >= 11 is 3.51. The van der Waals surface area contributed by atoms with Crippen molar-refractivity contribution < 1.29 is 23.5 Å². The summed E-state index contributed by atoms with van der Waals surface area (Å²) in [5, 5.41) is 11.3. The van der Waals surface area contributed by atoms with Crippen LogP contribution in [0.1, 0.15) is 99.5 Å². The molecule has 1 aliphatic rings. The Morgan fingerprint density at radius 2 is 1.52 bits per heavy atom. The zero-order valence-corrected chi connectivity index (χ0v) is 34.6. The van der Waals surface area contributed by atoms with Gasteiger partial charge in [0, 0.05) is 16.8 Å². The molecule has 1 saturated carbocycles. The van der Waals surface area contributed by atoms with Crippen LogP contribution in [0.25, 0.3) is 0 Å². The maximum absolute atomic E-state index is 12.0. The Kier molecular flexibility index (Phi) is 15.7. The highest BCUT2D eigenvalue weighted by molar-refractivity contribution is 9.10. The summed E-state index contributed by atoms with van der Waals surface area (Å²) in [6, 6.07) is 8.33. The van der Waals surface area contributed by atoms with Crippen LogP contribution >= 0.6 is 15.9 Å². The minimum absolute atomic E-state index is 0.0368. The number of ether oxygens (including phenoxy) is 1. The predicted molar refractivity (Wildman–Crippen MR) is 202 cm³/mol. The first kappa shape index (κ1) is 41.1. The molecule has 1 aliphatic carbocycles. The average molecular weight is 738 g/mol. The number of hydrogen-bond donors (Lipinski definition) is 1. The van der Waals surface area contributed by atoms with E-state index in [2.05, 4.69) is 126 Å². The van der Waals surface area contributed by atoms with Gasteiger partial charge >= 0.3 is 5.97 Å². The number of carbonyl (C=O) groups is 1. The SMILES string of the molecule is CC(C)OC(=O)CCC/C=C\C[C@@H]1[C@@H](/C=C/[C@@H](O)CCc2ccc(Br)cc2)[C@H](O[Si](C)(C)C(C)(C)C)C[C@@H]1O[Si](C)(C)C(C)(C)C. The number of aliphatic hydroxyl groups excluding tert-OH is 1. The minimum Gasteiger partial charge on any atom is -0.463 e. The number of aryl methyl sites for hydroxylation is 1. The fraction of sp³-hybridized carbons (Fsp3) is 0.711. The summed E-state index contributed by atoms with van der Waals surface area (Å²) in [6.45, 7) is 26.9. The van der Waals surface area contributed by atoms with Gasteiger partial charge in [-0.25, -0.2) is 0 Å². The van der Waals surface area contributed by atoms with Crippen LogP contribution in [-0.4, -0.2) is 52.1 Å². The molecule has 0 bridgehead atoms. The smallest absolute Gasteiger partial charge is 0.306 e. The summed E-state index contributed by atoms with van der Waals surface area (Å²) in [5.41, 5.74) is 1.22. The molecule has 5 nitrogen and oxygen atoms in total. The molecule has 0 spiro atoms. The molecule has 0 aliphatic heterocycles. The highest BCUT2D eigenvalue weighted by Gasteiger charge is 2.50. The molecule has 1 aromatic carbocycles. The molecule has 1 fully saturated rings. The minimum atomic E-state index is -2.06. The number of benzene rings is 1. The molecule has 262 valence electrons. The number of aliphatic hydroxyl groups is 1. The van der Waals surface area contributed by atoms with Gasteiger partial charge in [-0.1, -0.05) is 93.9 Å². The van der Waals surface area contributed by atoms with Gasteiger partial charge in [-0.15, -0.1) is 0 Å². The first-order valence-corrected chi connectivity index (χ1v) is 24.0. The molecule has 2 rings (SSSR count). The first-order chi connectivity index (χ1) is 21.1. The van der Waals surface area contributed by atoms with Crippen LogP contribution in [0, 0.1) is 11.8 Å². The van der Waals surface area contributed by atoms with E-state index in [-0.39, 0.29) is 46.2 Å². The van der Waals surface area contributed by atoms with Gasteiger partial charge < -0.3 is 18.7 Å².